The van der Waals surface area contributed by atoms with Crippen LogP contribution in [0.4, 0.5) is 4.79 Å². The van der Waals surface area contributed by atoms with Gasteiger partial charge in [-0.25, -0.2) is 4.79 Å². The molecule has 1 unspecified atom stereocenters. The Morgan fingerprint density at radius 3 is 2.81 bits per heavy atom. The number of primary amides is 1. The van der Waals surface area contributed by atoms with E-state index in [4.69, 9.17) is 19.9 Å². The van der Waals surface area contributed by atoms with Crippen LogP contribution >= 0.6 is 0 Å². The number of piperidine rings is 1. The van der Waals surface area contributed by atoms with Crippen LogP contribution in [0.1, 0.15) is 18.4 Å². The number of carbonyl (C=O) groups excluding carboxylic acids is 2. The maximum Gasteiger partial charge on any atom is 0.410 e. The van der Waals surface area contributed by atoms with Gasteiger partial charge in [0, 0.05) is 20.1 Å². The van der Waals surface area contributed by atoms with Gasteiger partial charge in [0.25, 0.3) is 5.91 Å². The van der Waals surface area contributed by atoms with E-state index in [1.54, 1.807) is 25.1 Å². The number of nitrogens with zero attached hydrogens (tertiary/aromatic N) is 2. The van der Waals surface area contributed by atoms with Crippen molar-refractivity contribution < 1.29 is 23.8 Å². The molecule has 2 amide bonds. The van der Waals surface area contributed by atoms with Gasteiger partial charge in [0.15, 0.2) is 18.1 Å². The highest BCUT2D eigenvalue weighted by molar-refractivity contribution is 5.75. The number of rotatable bonds is 6. The first-order valence-electron chi connectivity index (χ1n) is 8.65. The quantitative estimate of drug-likeness (QED) is 0.810. The Bertz CT molecular complexity index is 695. The lowest BCUT2D eigenvalue weighted by Gasteiger charge is -2.38. The van der Waals surface area contributed by atoms with Crippen LogP contribution in [-0.4, -0.2) is 67.8 Å². The zero-order chi connectivity index (χ0) is 18.7. The summed E-state index contributed by atoms with van der Waals surface area (Å²) >= 11 is 0. The highest BCUT2D eigenvalue weighted by Gasteiger charge is 2.46. The molecule has 1 aromatic rings. The third-order valence-electron chi connectivity index (χ3n) is 4.76. The van der Waals surface area contributed by atoms with Crippen LogP contribution in [0, 0.1) is 0 Å². The molecule has 0 saturated carbocycles. The lowest BCUT2D eigenvalue weighted by molar-refractivity contribution is -0.119. The first-order valence-corrected chi connectivity index (χ1v) is 8.65. The molecular weight excluding hydrogens is 338 g/mol. The van der Waals surface area contributed by atoms with E-state index in [0.717, 1.165) is 31.5 Å². The molecule has 142 valence electrons. The number of hydrogen-bond donors (Lipinski definition) is 1. The van der Waals surface area contributed by atoms with E-state index in [0.29, 0.717) is 24.6 Å². The van der Waals surface area contributed by atoms with Crippen LogP contribution in [-0.2, 0) is 16.1 Å². The Morgan fingerprint density at radius 2 is 2.15 bits per heavy atom. The minimum absolute atomic E-state index is 0.191. The number of amides is 2. The molecule has 1 spiro atoms. The van der Waals surface area contributed by atoms with Gasteiger partial charge in [-0.05, 0) is 37.1 Å². The molecular formula is C18H25N3O5. The van der Waals surface area contributed by atoms with Gasteiger partial charge in [0.05, 0.1) is 13.7 Å². The van der Waals surface area contributed by atoms with E-state index in [-0.39, 0.29) is 12.7 Å². The smallest absolute Gasteiger partial charge is 0.410 e. The largest absolute Gasteiger partial charge is 0.493 e. The molecule has 8 heteroatoms. The summed E-state index contributed by atoms with van der Waals surface area (Å²) < 4.78 is 16.4. The zero-order valence-electron chi connectivity index (χ0n) is 15.2. The zero-order valence-corrected chi connectivity index (χ0v) is 15.2. The monoisotopic (exact) mass is 363 g/mol. The van der Waals surface area contributed by atoms with Gasteiger partial charge in [0.1, 0.15) is 5.60 Å². The maximum atomic E-state index is 11.8. The topological polar surface area (TPSA) is 94.3 Å². The van der Waals surface area contributed by atoms with Crippen molar-refractivity contribution in [3.63, 3.8) is 0 Å². The molecule has 0 bridgehead atoms. The summed E-state index contributed by atoms with van der Waals surface area (Å²) in [6.07, 6.45) is 1.63. The summed E-state index contributed by atoms with van der Waals surface area (Å²) in [5.41, 5.74) is 5.77. The standard InChI is InChI=1S/C18H25N3O5/c1-20-11-18(26-17(20)23)6-3-7-21(12-18)9-13-4-5-14(15(8-13)24-2)25-10-16(19)22/h4-5,8H,3,6-7,9-12H2,1-2H3,(H2,19,22). The molecule has 0 aliphatic carbocycles. The number of likely N-dealkylation sites (N-methyl/N-ethyl adjacent to an activating group) is 1. The lowest BCUT2D eigenvalue weighted by atomic mass is 9.92. The van der Waals surface area contributed by atoms with Gasteiger partial charge in [-0.2, -0.15) is 0 Å². The summed E-state index contributed by atoms with van der Waals surface area (Å²) in [7, 11) is 3.33. The average molecular weight is 363 g/mol. The van der Waals surface area contributed by atoms with E-state index in [9.17, 15) is 9.59 Å². The van der Waals surface area contributed by atoms with Crippen LogP contribution in [0.25, 0.3) is 0 Å². The second kappa shape index (κ2) is 7.41. The van der Waals surface area contributed by atoms with Crippen molar-refractivity contribution in [2.24, 2.45) is 5.73 Å². The van der Waals surface area contributed by atoms with Crippen LogP contribution in [0.15, 0.2) is 18.2 Å². The van der Waals surface area contributed by atoms with E-state index in [1.807, 2.05) is 12.1 Å². The van der Waals surface area contributed by atoms with Crippen molar-refractivity contribution in [1.29, 1.82) is 0 Å². The molecule has 26 heavy (non-hydrogen) atoms. The molecule has 1 atom stereocenters. The third-order valence-corrected chi connectivity index (χ3v) is 4.76. The summed E-state index contributed by atoms with van der Waals surface area (Å²) in [5.74, 6) is 0.504. The Morgan fingerprint density at radius 1 is 1.35 bits per heavy atom. The number of hydrogen-bond acceptors (Lipinski definition) is 6. The van der Waals surface area contributed by atoms with E-state index < -0.39 is 11.5 Å². The fourth-order valence-corrected chi connectivity index (χ4v) is 3.67. The summed E-state index contributed by atoms with van der Waals surface area (Å²) in [6, 6.07) is 5.61. The molecule has 2 aliphatic rings. The molecule has 0 aromatic heterocycles. The fourth-order valence-electron chi connectivity index (χ4n) is 3.67. The summed E-state index contributed by atoms with van der Waals surface area (Å²) in [5, 5.41) is 0. The van der Waals surface area contributed by atoms with Crippen LogP contribution in [0.3, 0.4) is 0 Å². The summed E-state index contributed by atoms with van der Waals surface area (Å²) in [6.45, 7) is 2.82. The average Bonchev–Trinajstić information content (AvgIpc) is 2.86. The number of methoxy groups -OCH3 is 1. The molecule has 8 nitrogen and oxygen atoms in total. The third kappa shape index (κ3) is 4.01. The molecule has 2 fully saturated rings. The van der Waals surface area contributed by atoms with Gasteiger partial charge in [0.2, 0.25) is 0 Å². The van der Waals surface area contributed by atoms with E-state index in [1.165, 1.54) is 0 Å². The number of benzene rings is 1. The van der Waals surface area contributed by atoms with Crippen LogP contribution in [0.5, 0.6) is 11.5 Å². The molecule has 2 heterocycles. The highest BCUT2D eigenvalue weighted by atomic mass is 16.6. The normalized spacial score (nSPS) is 23.2. The predicted molar refractivity (Wildman–Crippen MR) is 94.0 cm³/mol. The van der Waals surface area contributed by atoms with Crippen molar-refractivity contribution in [2.45, 2.75) is 25.0 Å². The second-order valence-electron chi connectivity index (χ2n) is 6.96. The number of likely N-dealkylation sites (tertiary alicyclic amines) is 1. The first-order chi connectivity index (χ1) is 12.4. The molecule has 3 rings (SSSR count). The number of ether oxygens (including phenoxy) is 3. The highest BCUT2D eigenvalue weighted by Crippen LogP contribution is 2.33. The lowest BCUT2D eigenvalue weighted by Crippen LogP contribution is -2.50. The Balaban J connectivity index is 1.66. The van der Waals surface area contributed by atoms with Gasteiger partial charge in [-0.15, -0.1) is 0 Å². The van der Waals surface area contributed by atoms with Crippen molar-refractivity contribution in [1.82, 2.24) is 9.80 Å². The Hall–Kier alpha value is -2.48. The number of carbonyl (C=O) groups is 2. The molecule has 2 aliphatic heterocycles. The second-order valence-corrected chi connectivity index (χ2v) is 6.96. The van der Waals surface area contributed by atoms with Crippen molar-refractivity contribution in [2.75, 3.05) is 40.4 Å². The molecule has 2 saturated heterocycles. The van der Waals surface area contributed by atoms with Gasteiger partial charge < -0.3 is 24.8 Å². The van der Waals surface area contributed by atoms with Gasteiger partial charge >= 0.3 is 6.09 Å². The minimum atomic E-state index is -0.536. The van der Waals surface area contributed by atoms with Gasteiger partial charge in [-0.3, -0.25) is 9.69 Å². The summed E-state index contributed by atoms with van der Waals surface area (Å²) in [4.78, 5) is 26.6. The van der Waals surface area contributed by atoms with E-state index in [2.05, 4.69) is 4.90 Å². The van der Waals surface area contributed by atoms with Crippen LogP contribution in [0.2, 0.25) is 0 Å². The van der Waals surface area contributed by atoms with Crippen molar-refractivity contribution >= 4 is 12.0 Å². The SMILES string of the molecule is COc1cc(CN2CCCC3(C2)CN(C)C(=O)O3)ccc1OCC(N)=O. The minimum Gasteiger partial charge on any atom is -0.493 e. The van der Waals surface area contributed by atoms with Crippen LogP contribution < -0.4 is 15.2 Å². The van der Waals surface area contributed by atoms with E-state index >= 15 is 0 Å². The fraction of sp³-hybridized carbons (Fsp3) is 0.556. The first kappa shape index (κ1) is 18.3. The number of nitrogens with two attached hydrogens (primary N) is 1. The Kier molecular flexibility index (Phi) is 5.22. The van der Waals surface area contributed by atoms with Crippen molar-refractivity contribution in [3.8, 4) is 11.5 Å². The predicted octanol–water partition coefficient (Wildman–Crippen LogP) is 0.976. The maximum absolute atomic E-state index is 11.8. The Labute approximate surface area is 152 Å². The van der Waals surface area contributed by atoms with Crippen molar-refractivity contribution in [3.05, 3.63) is 23.8 Å². The molecule has 0 radical (unpaired) electrons. The molecule has 1 aromatic carbocycles. The molecule has 2 N–H and O–H groups in total. The van der Waals surface area contributed by atoms with Gasteiger partial charge in [-0.1, -0.05) is 6.07 Å².